The molecule has 0 aromatic heterocycles. The minimum Gasteiger partial charge on any atom is -0.445 e. The van der Waals surface area contributed by atoms with Crippen LogP contribution in [0.5, 0.6) is 0 Å². The predicted molar refractivity (Wildman–Crippen MR) is 55.2 cm³/mol. The minimum atomic E-state index is -4.87. The predicted octanol–water partition coefficient (Wildman–Crippen LogP) is -0.0889. The van der Waals surface area contributed by atoms with Crippen LogP contribution in [0.3, 0.4) is 0 Å². The molecule has 0 fully saturated rings. The summed E-state index contributed by atoms with van der Waals surface area (Å²) in [4.78, 5) is 1.66. The maximum atomic E-state index is 12.1. The Balaban J connectivity index is 0. The maximum Gasteiger partial charge on any atom is 1.00 e. The zero-order chi connectivity index (χ0) is 11.4. The van der Waals surface area contributed by atoms with Crippen molar-refractivity contribution in [3.8, 4) is 0 Å². The smallest absolute Gasteiger partial charge is 0.445 e. The molecule has 6 heteroatoms. The Hall–Kier alpha value is 1.19. The quantitative estimate of drug-likeness (QED) is 0.593. The van der Waals surface area contributed by atoms with Crippen LogP contribution in [0.2, 0.25) is 0 Å². The van der Waals surface area contributed by atoms with Crippen LogP contribution in [0.1, 0.15) is 20.3 Å². The number of hydrogen-bond acceptors (Lipinski definition) is 1. The van der Waals surface area contributed by atoms with Crippen molar-refractivity contribution in [3.05, 3.63) is 12.1 Å². The third kappa shape index (κ3) is 10.1. The molecule has 0 N–H and O–H groups in total. The third-order valence-electron chi connectivity index (χ3n) is 2.02. The Morgan fingerprint density at radius 3 is 2.13 bits per heavy atom. The van der Waals surface area contributed by atoms with Crippen LogP contribution >= 0.6 is 0 Å². The molecule has 1 nitrogen and oxygen atoms in total. The molecule has 0 bridgehead atoms. The van der Waals surface area contributed by atoms with E-state index in [1.807, 2.05) is 0 Å². The molecule has 0 saturated heterocycles. The minimum absolute atomic E-state index is 0. The summed E-state index contributed by atoms with van der Waals surface area (Å²) in [7, 11) is 1.69. The van der Waals surface area contributed by atoms with Crippen molar-refractivity contribution in [2.45, 2.75) is 20.3 Å². The van der Waals surface area contributed by atoms with E-state index in [9.17, 15) is 12.9 Å². The van der Waals surface area contributed by atoms with E-state index < -0.39 is 12.4 Å². The van der Waals surface area contributed by atoms with Gasteiger partial charge in [-0.1, -0.05) is 13.8 Å². The fraction of sp³-hybridized carbons (Fsp3) is 0.778. The Morgan fingerprint density at radius 1 is 1.33 bits per heavy atom. The van der Waals surface area contributed by atoms with Crippen molar-refractivity contribution in [3.63, 3.8) is 0 Å². The summed E-state index contributed by atoms with van der Waals surface area (Å²) >= 11 is 0. The van der Waals surface area contributed by atoms with Gasteiger partial charge in [-0.25, -0.2) is 0 Å². The fourth-order valence-electron chi connectivity index (χ4n) is 1.01. The van der Waals surface area contributed by atoms with Crippen molar-refractivity contribution in [2.24, 2.45) is 5.92 Å². The van der Waals surface area contributed by atoms with E-state index in [2.05, 4.69) is 20.4 Å². The fourth-order valence-corrected chi connectivity index (χ4v) is 1.01. The molecule has 0 aromatic rings. The van der Waals surface area contributed by atoms with Crippen LogP contribution in [0.15, 0.2) is 12.1 Å². The van der Waals surface area contributed by atoms with Crippen LogP contribution in [0.25, 0.3) is 0 Å². The molecule has 0 heterocycles. The zero-order valence-electron chi connectivity index (χ0n) is 10.1. The molecule has 0 aromatic carbocycles. The second-order valence-corrected chi connectivity index (χ2v) is 4.15. The van der Waals surface area contributed by atoms with Gasteiger partial charge in [-0.05, 0) is 32.5 Å². The van der Waals surface area contributed by atoms with Crippen LogP contribution in [-0.4, -0.2) is 32.0 Å². The number of nitrogens with zero attached hydrogens (tertiary/aromatic N) is 1. The van der Waals surface area contributed by atoms with E-state index in [-0.39, 0.29) is 57.9 Å². The summed E-state index contributed by atoms with van der Waals surface area (Å²) in [5.41, 5.74) is -0.615. The summed E-state index contributed by atoms with van der Waals surface area (Å²) in [6.45, 7) is 2.90. The van der Waals surface area contributed by atoms with Gasteiger partial charge in [0.2, 0.25) is 0 Å². The van der Waals surface area contributed by atoms with Gasteiger partial charge < -0.3 is 17.8 Å². The average molecular weight is 247 g/mol. The summed E-state index contributed by atoms with van der Waals surface area (Å²) in [5.74, 6) is 0.516. The van der Waals surface area contributed by atoms with Crippen LogP contribution < -0.4 is 51.4 Å². The number of hydrogen-bond donors (Lipinski definition) is 0. The molecule has 0 aliphatic heterocycles. The Bertz CT molecular complexity index is 194. The number of halogens is 3. The summed E-state index contributed by atoms with van der Waals surface area (Å²) in [5, 5.41) is 0. The van der Waals surface area contributed by atoms with Gasteiger partial charge in [-0.3, -0.25) is 0 Å². The second-order valence-electron chi connectivity index (χ2n) is 4.15. The van der Waals surface area contributed by atoms with Gasteiger partial charge in [-0.2, -0.15) is 0 Å². The molecule has 0 saturated carbocycles. The van der Waals surface area contributed by atoms with Crippen LogP contribution in [-0.2, 0) is 0 Å². The van der Waals surface area contributed by atoms with E-state index in [1.165, 1.54) is 0 Å². The monoisotopic (exact) mass is 247 g/mol. The second kappa shape index (κ2) is 8.31. The van der Waals surface area contributed by atoms with Crippen molar-refractivity contribution < 1.29 is 64.3 Å². The molecule has 0 radical (unpaired) electrons. The molecule has 0 amide bonds. The summed E-state index contributed by atoms with van der Waals surface area (Å²) in [6, 6.07) is 0. The Morgan fingerprint density at radius 2 is 1.80 bits per heavy atom. The van der Waals surface area contributed by atoms with Crippen LogP contribution in [0, 0.1) is 5.92 Å². The first-order chi connectivity index (χ1) is 6.23. The van der Waals surface area contributed by atoms with Crippen molar-refractivity contribution in [1.82, 2.24) is 4.90 Å². The van der Waals surface area contributed by atoms with Gasteiger partial charge in [0.1, 0.15) is 0 Å². The van der Waals surface area contributed by atoms with Gasteiger partial charge >= 0.3 is 58.4 Å². The van der Waals surface area contributed by atoms with Crippen molar-refractivity contribution in [2.75, 3.05) is 20.1 Å². The normalized spacial score (nSPS) is 11.7. The molecule has 0 aliphatic rings. The largest absolute Gasteiger partial charge is 1.00 e. The van der Waals surface area contributed by atoms with Crippen LogP contribution in [0.4, 0.5) is 12.9 Å². The molecule has 0 atom stereocenters. The molecule has 15 heavy (non-hydrogen) atoms. The van der Waals surface area contributed by atoms with E-state index in [0.717, 1.165) is 6.42 Å². The molecule has 0 rings (SSSR count). The number of rotatable bonds is 6. The van der Waals surface area contributed by atoms with Gasteiger partial charge in [0.15, 0.2) is 0 Å². The van der Waals surface area contributed by atoms with Gasteiger partial charge in [0.05, 0.1) is 0 Å². The first-order valence-electron chi connectivity index (χ1n) is 4.79. The van der Waals surface area contributed by atoms with E-state index in [4.69, 9.17) is 0 Å². The van der Waals surface area contributed by atoms with Gasteiger partial charge in [0.25, 0.3) is 0 Å². The van der Waals surface area contributed by atoms with Crippen molar-refractivity contribution >= 4 is 6.98 Å². The first kappa shape index (κ1) is 18.6. The molecule has 0 aliphatic carbocycles. The topological polar surface area (TPSA) is 3.24 Å². The molecule has 0 spiro atoms. The first-order valence-corrected chi connectivity index (χ1v) is 4.79. The van der Waals surface area contributed by atoms with E-state index in [0.29, 0.717) is 12.5 Å². The SMILES string of the molecule is C=C(CN(C)CCC(C)C)[B-](F)(F)F.[K+]. The Labute approximate surface area is 133 Å². The Kier molecular flexibility index (Phi) is 10.3. The maximum absolute atomic E-state index is 12.1. The zero-order valence-corrected chi connectivity index (χ0v) is 13.2. The molecule has 0 unspecified atom stereocenters. The molecule has 84 valence electrons. The van der Waals surface area contributed by atoms with Crippen molar-refractivity contribution in [1.29, 1.82) is 0 Å². The summed E-state index contributed by atoms with van der Waals surface area (Å²) < 4.78 is 36.4. The third-order valence-corrected chi connectivity index (χ3v) is 2.02. The summed E-state index contributed by atoms with van der Waals surface area (Å²) in [6.07, 6.45) is 0.911. The number of likely N-dealkylation sites (N-methyl/N-ethyl adjacent to an activating group) is 1. The molecular formula is C9H18BF3KN. The van der Waals surface area contributed by atoms with Gasteiger partial charge in [0, 0.05) is 0 Å². The average Bonchev–Trinajstić information content (AvgIpc) is 1.99. The van der Waals surface area contributed by atoms with E-state index in [1.54, 1.807) is 11.9 Å². The molecular weight excluding hydrogens is 229 g/mol. The standard InChI is InChI=1S/C9H18BF3N.K/c1-8(2)5-6-14(4)7-9(3)10(11,12)13;/h8H,3,5-7H2,1-2,4H3;/q-1;+1. The van der Waals surface area contributed by atoms with E-state index >= 15 is 0 Å². The van der Waals surface area contributed by atoms with Gasteiger partial charge in [-0.15, -0.1) is 12.1 Å².